The minimum atomic E-state index is -0.0173. The van der Waals surface area contributed by atoms with Gasteiger partial charge >= 0.3 is 0 Å². The second-order valence-electron chi connectivity index (χ2n) is 6.13. The van der Waals surface area contributed by atoms with Crippen molar-refractivity contribution in [2.45, 2.75) is 36.1 Å². The van der Waals surface area contributed by atoms with E-state index in [0.717, 1.165) is 21.0 Å². The summed E-state index contributed by atoms with van der Waals surface area (Å²) in [6.45, 7) is 6.85. The zero-order valence-electron chi connectivity index (χ0n) is 13.3. The van der Waals surface area contributed by atoms with E-state index in [1.807, 2.05) is 23.5 Å². The van der Waals surface area contributed by atoms with Gasteiger partial charge in [-0.05, 0) is 6.08 Å². The van der Waals surface area contributed by atoms with Crippen LogP contribution in [0.2, 0.25) is 0 Å². The minimum absolute atomic E-state index is 0.0173. The van der Waals surface area contributed by atoms with Gasteiger partial charge in [0, 0.05) is 11.6 Å². The van der Waals surface area contributed by atoms with Crippen molar-refractivity contribution in [3.8, 4) is 0 Å². The Labute approximate surface area is 143 Å². The molecule has 0 amide bonds. The lowest BCUT2D eigenvalue weighted by molar-refractivity contribution is 0.391. The van der Waals surface area contributed by atoms with Gasteiger partial charge in [-0.15, -0.1) is 11.8 Å². The fourth-order valence-corrected chi connectivity index (χ4v) is 3.64. The molecule has 1 aliphatic rings. The Morgan fingerprint density at radius 2 is 2.17 bits per heavy atom. The first-order valence-electron chi connectivity index (χ1n) is 7.20. The summed E-state index contributed by atoms with van der Waals surface area (Å²) in [5.74, 6) is 2.89. The molecule has 6 nitrogen and oxygen atoms in total. The molecular weight excluding hydrogens is 330 g/mol. The smallest absolute Gasteiger partial charge is 0.204 e. The van der Waals surface area contributed by atoms with Crippen LogP contribution in [0.5, 0.6) is 0 Å². The Morgan fingerprint density at radius 1 is 1.35 bits per heavy atom. The fourth-order valence-electron chi connectivity index (χ4n) is 1.85. The number of nitrogens with zero attached hydrogens (tertiary/aromatic N) is 4. The number of hydrogen-bond acceptors (Lipinski definition) is 8. The van der Waals surface area contributed by atoms with Crippen molar-refractivity contribution < 1.29 is 4.42 Å². The molecule has 0 aromatic carbocycles. The number of rotatable bonds is 4. The molecule has 0 aliphatic carbocycles. The number of anilines is 1. The molecule has 0 fully saturated rings. The van der Waals surface area contributed by atoms with Gasteiger partial charge in [-0.3, -0.25) is 0 Å². The third kappa shape index (κ3) is 3.94. The molecule has 1 aliphatic heterocycles. The van der Waals surface area contributed by atoms with E-state index < -0.39 is 0 Å². The molecule has 3 heterocycles. The van der Waals surface area contributed by atoms with Crippen molar-refractivity contribution in [2.75, 3.05) is 11.6 Å². The lowest BCUT2D eigenvalue weighted by Crippen LogP contribution is -2.24. The maximum Gasteiger partial charge on any atom is 0.204 e. The van der Waals surface area contributed by atoms with Crippen molar-refractivity contribution in [1.82, 2.24) is 9.97 Å². The summed E-state index contributed by atoms with van der Waals surface area (Å²) in [7, 11) is 0. The van der Waals surface area contributed by atoms with Gasteiger partial charge in [-0.1, -0.05) is 32.1 Å². The number of aromatic nitrogens is 2. The number of oxazole rings is 1. The average Bonchev–Trinajstić information content (AvgIpc) is 3.15. The van der Waals surface area contributed by atoms with E-state index in [9.17, 15) is 0 Å². The Kier molecular flexibility index (Phi) is 4.45. The number of thioether (sulfide) groups is 1. The summed E-state index contributed by atoms with van der Waals surface area (Å²) >= 11 is 3.29. The van der Waals surface area contributed by atoms with E-state index in [0.29, 0.717) is 18.3 Å². The second-order valence-corrected chi connectivity index (χ2v) is 8.41. The van der Waals surface area contributed by atoms with E-state index in [2.05, 4.69) is 35.7 Å². The third-order valence-corrected chi connectivity index (χ3v) is 5.39. The van der Waals surface area contributed by atoms with Crippen LogP contribution in [0.15, 0.2) is 38.3 Å². The van der Waals surface area contributed by atoms with Crippen LogP contribution in [-0.4, -0.2) is 22.5 Å². The van der Waals surface area contributed by atoms with Crippen molar-refractivity contribution in [1.29, 1.82) is 0 Å². The maximum atomic E-state index is 5.80. The van der Waals surface area contributed by atoms with Crippen molar-refractivity contribution in [3.05, 3.63) is 36.3 Å². The van der Waals surface area contributed by atoms with E-state index >= 15 is 0 Å². The molecule has 2 aromatic rings. The molecule has 0 unspecified atom stereocenters. The summed E-state index contributed by atoms with van der Waals surface area (Å²) in [5, 5.41) is 0.905. The number of nitrogens with two attached hydrogens (primary N) is 1. The van der Waals surface area contributed by atoms with Crippen LogP contribution in [0.3, 0.4) is 0 Å². The van der Waals surface area contributed by atoms with Crippen molar-refractivity contribution in [3.63, 3.8) is 0 Å². The Hall–Kier alpha value is -1.80. The van der Waals surface area contributed by atoms with Gasteiger partial charge in [0.2, 0.25) is 5.89 Å². The third-order valence-electron chi connectivity index (χ3n) is 3.18. The van der Waals surface area contributed by atoms with Crippen LogP contribution in [-0.2, 0) is 11.2 Å². The van der Waals surface area contributed by atoms with Gasteiger partial charge < -0.3 is 15.1 Å². The standard InChI is InChI=1S/C15H19N5OS2/c1-15(2,3)10-6-17-12(21-10)8-22-13-7-18-14(23-13)20-5-4-11(16)19-9-20/h4-7H,8-9H2,1-3H3,(H2,16,19). The van der Waals surface area contributed by atoms with Crippen molar-refractivity contribution in [2.24, 2.45) is 10.7 Å². The highest BCUT2D eigenvalue weighted by Crippen LogP contribution is 2.33. The molecule has 0 spiro atoms. The molecule has 0 bridgehead atoms. The van der Waals surface area contributed by atoms with Gasteiger partial charge in [0.05, 0.1) is 22.4 Å². The maximum absolute atomic E-state index is 5.80. The van der Waals surface area contributed by atoms with Gasteiger partial charge in [0.15, 0.2) is 5.13 Å². The number of thiazole rings is 1. The molecule has 0 saturated carbocycles. The van der Waals surface area contributed by atoms with E-state index in [1.54, 1.807) is 29.2 Å². The zero-order valence-corrected chi connectivity index (χ0v) is 14.9. The Morgan fingerprint density at radius 3 is 2.83 bits per heavy atom. The van der Waals surface area contributed by atoms with Crippen LogP contribution >= 0.6 is 23.1 Å². The molecule has 23 heavy (non-hydrogen) atoms. The van der Waals surface area contributed by atoms with Crippen LogP contribution in [0.4, 0.5) is 5.13 Å². The largest absolute Gasteiger partial charge is 0.444 e. The summed E-state index contributed by atoms with van der Waals surface area (Å²) < 4.78 is 6.92. The first-order valence-corrected chi connectivity index (χ1v) is 9.00. The number of hydrogen-bond donors (Lipinski definition) is 1. The molecule has 2 N–H and O–H groups in total. The molecule has 0 saturated heterocycles. The highest BCUT2D eigenvalue weighted by atomic mass is 32.2. The highest BCUT2D eigenvalue weighted by Gasteiger charge is 2.19. The van der Waals surface area contributed by atoms with E-state index in [4.69, 9.17) is 10.2 Å². The quantitative estimate of drug-likeness (QED) is 0.853. The Balaban J connectivity index is 1.59. The topological polar surface area (TPSA) is 80.5 Å². The molecular formula is C15H19N5OS2. The fraction of sp³-hybridized carbons (Fsp3) is 0.400. The minimum Gasteiger partial charge on any atom is -0.444 e. The molecule has 3 rings (SSSR count). The van der Waals surface area contributed by atoms with Crippen LogP contribution in [0, 0.1) is 0 Å². The van der Waals surface area contributed by atoms with Gasteiger partial charge in [0.1, 0.15) is 18.3 Å². The van der Waals surface area contributed by atoms with Gasteiger partial charge in [0.25, 0.3) is 0 Å². The predicted molar refractivity (Wildman–Crippen MR) is 95.0 cm³/mol. The van der Waals surface area contributed by atoms with Crippen LogP contribution in [0.25, 0.3) is 0 Å². The lowest BCUT2D eigenvalue weighted by Gasteiger charge is -2.17. The average molecular weight is 349 g/mol. The lowest BCUT2D eigenvalue weighted by atomic mass is 9.94. The molecule has 0 atom stereocenters. The SMILES string of the molecule is CC(C)(C)c1cnc(CSc2cnc(N3C=CC(N)=NC3)s2)o1. The highest BCUT2D eigenvalue weighted by molar-refractivity contribution is 8.00. The number of amidine groups is 1. The molecule has 2 aromatic heterocycles. The predicted octanol–water partition coefficient (Wildman–Crippen LogP) is 3.37. The Bertz CT molecular complexity index is 741. The first-order chi connectivity index (χ1) is 10.9. The summed E-state index contributed by atoms with van der Waals surface area (Å²) in [4.78, 5) is 14.9. The van der Waals surface area contributed by atoms with Crippen LogP contribution in [0.1, 0.15) is 32.4 Å². The number of aliphatic imine (C=N–C) groups is 1. The summed E-state index contributed by atoms with van der Waals surface area (Å²) in [5.41, 5.74) is 5.61. The van der Waals surface area contributed by atoms with Crippen molar-refractivity contribution >= 4 is 34.1 Å². The first kappa shape index (κ1) is 16.1. The summed E-state index contributed by atoms with van der Waals surface area (Å²) in [6.07, 6.45) is 7.36. The van der Waals surface area contributed by atoms with Crippen LogP contribution < -0.4 is 10.6 Å². The molecule has 8 heteroatoms. The molecule has 0 radical (unpaired) electrons. The monoisotopic (exact) mass is 349 g/mol. The van der Waals surface area contributed by atoms with Gasteiger partial charge in [-0.2, -0.15) is 0 Å². The normalized spacial score (nSPS) is 15.1. The summed E-state index contributed by atoms with van der Waals surface area (Å²) in [6, 6.07) is 0. The second kappa shape index (κ2) is 6.37. The van der Waals surface area contributed by atoms with E-state index in [1.165, 1.54) is 0 Å². The van der Waals surface area contributed by atoms with Gasteiger partial charge in [-0.25, -0.2) is 15.0 Å². The van der Waals surface area contributed by atoms with E-state index in [-0.39, 0.29) is 5.41 Å². The molecule has 122 valence electrons. The zero-order chi connectivity index (χ0) is 16.4.